The Kier molecular flexibility index (Phi) is 5.63. The molecule has 0 heterocycles. The number of hydrogen-bond acceptors (Lipinski definition) is 4. The second-order valence-corrected chi connectivity index (χ2v) is 4.48. The van der Waals surface area contributed by atoms with Crippen molar-refractivity contribution in [3.05, 3.63) is 39.6 Å². The highest BCUT2D eigenvalue weighted by molar-refractivity contribution is 14.1. The molecule has 96 valence electrons. The number of carboxylic acid groups (broad SMARTS) is 1. The number of hydrogen-bond donors (Lipinski definition) is 2. The predicted molar refractivity (Wildman–Crippen MR) is 75.1 cm³/mol. The molecular weight excluding hydrogens is 349 g/mol. The summed E-state index contributed by atoms with van der Waals surface area (Å²) < 4.78 is 5.70. The Morgan fingerprint density at radius 3 is 2.50 bits per heavy atom. The predicted octanol–water partition coefficient (Wildman–Crippen LogP) is 2.23. The van der Waals surface area contributed by atoms with E-state index in [1.54, 1.807) is 19.1 Å². The van der Waals surface area contributed by atoms with Crippen LogP contribution >= 0.6 is 22.6 Å². The van der Waals surface area contributed by atoms with Gasteiger partial charge in [-0.3, -0.25) is 0 Å². The third-order valence-electron chi connectivity index (χ3n) is 1.95. The molecule has 0 aliphatic heterocycles. The number of carbonyl (C=O) groups is 2. The third-order valence-corrected chi connectivity index (χ3v) is 2.67. The van der Waals surface area contributed by atoms with E-state index in [9.17, 15) is 9.59 Å². The van der Waals surface area contributed by atoms with E-state index in [4.69, 9.17) is 5.11 Å². The first-order valence-corrected chi connectivity index (χ1v) is 6.25. The first kappa shape index (κ1) is 14.5. The number of anilines is 1. The Morgan fingerprint density at radius 1 is 1.39 bits per heavy atom. The molecule has 0 radical (unpaired) electrons. The quantitative estimate of drug-likeness (QED) is 0.277. The number of aliphatic carboxylic acids is 1. The lowest BCUT2D eigenvalue weighted by atomic mass is 10.3. The van der Waals surface area contributed by atoms with Gasteiger partial charge in [-0.25, -0.2) is 9.59 Å². The molecule has 0 bridgehead atoms. The summed E-state index contributed by atoms with van der Waals surface area (Å²) in [7, 11) is 0. The van der Waals surface area contributed by atoms with E-state index in [0.717, 1.165) is 9.77 Å². The second kappa shape index (κ2) is 7.00. The molecule has 0 spiro atoms. The normalized spacial score (nSPS) is 10.9. The van der Waals surface area contributed by atoms with Crippen molar-refractivity contribution in [2.75, 3.05) is 11.9 Å². The van der Waals surface area contributed by atoms with E-state index in [2.05, 4.69) is 32.6 Å². The number of nitrogens with one attached hydrogen (secondary N) is 1. The first-order chi connectivity index (χ1) is 8.54. The maximum atomic E-state index is 11.3. The minimum atomic E-state index is -1.33. The van der Waals surface area contributed by atoms with E-state index in [0.29, 0.717) is 5.69 Å². The van der Waals surface area contributed by atoms with Crippen molar-refractivity contribution in [1.29, 1.82) is 0 Å². The molecule has 1 rings (SSSR count). The van der Waals surface area contributed by atoms with Crippen molar-refractivity contribution >= 4 is 40.2 Å². The SMILES string of the molecule is CCOC(=O)/C(=C\Nc1ccc(I)cc1)C(=O)O. The molecule has 2 N–H and O–H groups in total. The molecular formula is C12H12INO4. The van der Waals surface area contributed by atoms with Crippen LogP contribution in [-0.2, 0) is 14.3 Å². The van der Waals surface area contributed by atoms with Gasteiger partial charge in [0.15, 0.2) is 5.57 Å². The van der Waals surface area contributed by atoms with Gasteiger partial charge in [-0.15, -0.1) is 0 Å². The molecule has 0 aliphatic carbocycles. The molecule has 5 nitrogen and oxygen atoms in total. The van der Waals surface area contributed by atoms with Gasteiger partial charge in [0.25, 0.3) is 0 Å². The van der Waals surface area contributed by atoms with Crippen LogP contribution in [0.25, 0.3) is 0 Å². The summed E-state index contributed by atoms with van der Waals surface area (Å²) in [5, 5.41) is 11.6. The van der Waals surface area contributed by atoms with Gasteiger partial charge >= 0.3 is 11.9 Å². The van der Waals surface area contributed by atoms with Crippen LogP contribution in [0, 0.1) is 3.57 Å². The minimum Gasteiger partial charge on any atom is -0.477 e. The average Bonchev–Trinajstić information content (AvgIpc) is 2.31. The fourth-order valence-corrected chi connectivity index (χ4v) is 1.48. The van der Waals surface area contributed by atoms with Crippen LogP contribution in [0.5, 0.6) is 0 Å². The van der Waals surface area contributed by atoms with Gasteiger partial charge in [0, 0.05) is 15.5 Å². The molecule has 0 aliphatic rings. The smallest absolute Gasteiger partial charge is 0.347 e. The van der Waals surface area contributed by atoms with Crippen molar-refractivity contribution in [1.82, 2.24) is 0 Å². The van der Waals surface area contributed by atoms with Crippen LogP contribution in [0.15, 0.2) is 36.0 Å². The highest BCUT2D eigenvalue weighted by Crippen LogP contribution is 2.11. The number of rotatable bonds is 5. The lowest BCUT2D eigenvalue weighted by Crippen LogP contribution is -2.16. The number of carbonyl (C=O) groups excluding carboxylic acids is 1. The molecule has 0 aromatic heterocycles. The average molecular weight is 361 g/mol. The van der Waals surface area contributed by atoms with Crippen molar-refractivity contribution in [2.45, 2.75) is 6.92 Å². The molecule has 0 atom stereocenters. The largest absolute Gasteiger partial charge is 0.477 e. The summed E-state index contributed by atoms with van der Waals surface area (Å²) in [6.07, 6.45) is 1.13. The summed E-state index contributed by atoms with van der Waals surface area (Å²) in [5.41, 5.74) is 0.258. The number of carboxylic acids is 1. The lowest BCUT2D eigenvalue weighted by Gasteiger charge is -2.04. The molecule has 0 unspecified atom stereocenters. The molecule has 1 aromatic carbocycles. The highest BCUT2D eigenvalue weighted by atomic mass is 127. The monoisotopic (exact) mass is 361 g/mol. The van der Waals surface area contributed by atoms with Crippen LogP contribution in [0.3, 0.4) is 0 Å². The summed E-state index contributed by atoms with van der Waals surface area (Å²) in [6.45, 7) is 1.75. The van der Waals surface area contributed by atoms with Gasteiger partial charge in [0.2, 0.25) is 0 Å². The number of benzene rings is 1. The molecule has 18 heavy (non-hydrogen) atoms. The number of ether oxygens (including phenoxy) is 1. The fraction of sp³-hybridized carbons (Fsp3) is 0.167. The minimum absolute atomic E-state index is 0.132. The van der Waals surface area contributed by atoms with Crippen molar-refractivity contribution in [3.63, 3.8) is 0 Å². The lowest BCUT2D eigenvalue weighted by molar-refractivity contribution is -0.143. The van der Waals surface area contributed by atoms with Crippen molar-refractivity contribution in [2.24, 2.45) is 0 Å². The van der Waals surface area contributed by atoms with Gasteiger partial charge in [-0.2, -0.15) is 0 Å². The van der Waals surface area contributed by atoms with Crippen LogP contribution in [0.2, 0.25) is 0 Å². The zero-order valence-corrected chi connectivity index (χ0v) is 11.8. The van der Waals surface area contributed by atoms with Crippen LogP contribution in [0.4, 0.5) is 5.69 Å². The molecule has 0 fully saturated rings. The van der Waals surface area contributed by atoms with Gasteiger partial charge < -0.3 is 15.2 Å². The summed E-state index contributed by atoms with van der Waals surface area (Å²) in [5.74, 6) is -2.19. The summed E-state index contributed by atoms with van der Waals surface area (Å²) in [6, 6.07) is 7.29. The van der Waals surface area contributed by atoms with E-state index < -0.39 is 17.5 Å². The number of halogens is 1. The fourth-order valence-electron chi connectivity index (χ4n) is 1.12. The molecule has 0 saturated carbocycles. The van der Waals surface area contributed by atoms with Gasteiger partial charge in [-0.1, -0.05) is 0 Å². The number of esters is 1. The van der Waals surface area contributed by atoms with Gasteiger partial charge in [-0.05, 0) is 53.8 Å². The zero-order chi connectivity index (χ0) is 13.5. The van der Waals surface area contributed by atoms with Crippen molar-refractivity contribution < 1.29 is 19.4 Å². The van der Waals surface area contributed by atoms with E-state index in [1.807, 2.05) is 12.1 Å². The Morgan fingerprint density at radius 2 is 2.00 bits per heavy atom. The maximum absolute atomic E-state index is 11.3. The standard InChI is InChI=1S/C12H12INO4/c1-2-18-12(17)10(11(15)16)7-14-9-5-3-8(13)4-6-9/h3-7,14H,2H2,1H3,(H,15,16)/b10-7-. The van der Waals surface area contributed by atoms with Crippen LogP contribution in [0.1, 0.15) is 6.92 Å². The topological polar surface area (TPSA) is 75.6 Å². The zero-order valence-electron chi connectivity index (χ0n) is 9.64. The van der Waals surface area contributed by atoms with Crippen molar-refractivity contribution in [3.8, 4) is 0 Å². The summed E-state index contributed by atoms with van der Waals surface area (Å²) >= 11 is 2.16. The Labute approximate surface area is 118 Å². The van der Waals surface area contributed by atoms with E-state index in [-0.39, 0.29) is 6.61 Å². The van der Waals surface area contributed by atoms with Gasteiger partial charge in [0.05, 0.1) is 6.61 Å². The van der Waals surface area contributed by atoms with Gasteiger partial charge in [0.1, 0.15) is 0 Å². The second-order valence-electron chi connectivity index (χ2n) is 3.23. The third kappa shape index (κ3) is 4.36. The molecule has 1 aromatic rings. The van der Waals surface area contributed by atoms with E-state index >= 15 is 0 Å². The Hall–Kier alpha value is -1.57. The maximum Gasteiger partial charge on any atom is 0.347 e. The van der Waals surface area contributed by atoms with Crippen LogP contribution < -0.4 is 5.32 Å². The molecule has 0 saturated heterocycles. The summed E-state index contributed by atoms with van der Waals surface area (Å²) in [4.78, 5) is 22.2. The van der Waals surface area contributed by atoms with Crippen LogP contribution in [-0.4, -0.2) is 23.7 Å². The highest BCUT2D eigenvalue weighted by Gasteiger charge is 2.18. The molecule has 6 heteroatoms. The Bertz CT molecular complexity index is 467. The Balaban J connectivity index is 2.80. The first-order valence-electron chi connectivity index (χ1n) is 5.17. The molecule has 0 amide bonds. The van der Waals surface area contributed by atoms with E-state index in [1.165, 1.54) is 0 Å².